The molecule has 4 amide bonds. The van der Waals surface area contributed by atoms with E-state index in [-0.39, 0.29) is 0 Å². The number of rotatable bonds is 11. The number of aliphatic hydroxyl groups excluding tert-OH is 4. The first kappa shape index (κ1) is 38.4. The minimum atomic E-state index is -1.99. The Labute approximate surface area is 269 Å². The van der Waals surface area contributed by atoms with Crippen LogP contribution < -0.4 is 26.6 Å². The fourth-order valence-electron chi connectivity index (χ4n) is 6.03. The van der Waals surface area contributed by atoms with Gasteiger partial charge in [-0.2, -0.15) is 0 Å². The molecule has 268 valence electrons. The molecule has 0 radical (unpaired) electrons. The number of ether oxygens (including phenoxy) is 5. The molecule has 0 aliphatic carbocycles. The fourth-order valence-corrected chi connectivity index (χ4v) is 6.03. The molecule has 47 heavy (non-hydrogen) atoms. The number of amides is 4. The van der Waals surface area contributed by atoms with Crippen molar-refractivity contribution in [1.29, 1.82) is 0 Å². The molecule has 0 unspecified atom stereocenters. The zero-order valence-electron chi connectivity index (χ0n) is 26.7. The molecule has 3 rings (SSSR count). The van der Waals surface area contributed by atoms with Crippen molar-refractivity contribution in [3.05, 3.63) is 0 Å². The van der Waals surface area contributed by atoms with Crippen molar-refractivity contribution in [2.24, 2.45) is 0 Å². The summed E-state index contributed by atoms with van der Waals surface area (Å²) < 4.78 is 29.3. The van der Waals surface area contributed by atoms with Crippen LogP contribution in [-0.2, 0) is 47.7 Å². The monoisotopic (exact) mass is 679 g/mol. The lowest BCUT2D eigenvalue weighted by molar-refractivity contribution is -0.326. The van der Waals surface area contributed by atoms with Crippen LogP contribution in [0, 0.1) is 0 Å². The highest BCUT2D eigenvalue weighted by Crippen LogP contribution is 2.32. The number of likely N-dealkylation sites (N-methyl/N-ethyl adjacent to an activating group) is 1. The van der Waals surface area contributed by atoms with E-state index in [9.17, 15) is 49.5 Å². The number of hydrogen-bond acceptors (Lipinski definition) is 15. The van der Waals surface area contributed by atoms with E-state index >= 15 is 0 Å². The third-order valence-electron chi connectivity index (χ3n) is 8.01. The number of carboxylic acid groups (broad SMARTS) is 1. The second-order valence-corrected chi connectivity index (χ2v) is 11.6. The van der Waals surface area contributed by atoms with E-state index in [1.165, 1.54) is 6.92 Å². The zero-order chi connectivity index (χ0) is 35.3. The van der Waals surface area contributed by atoms with Gasteiger partial charge in [-0.25, -0.2) is 4.79 Å². The molecule has 0 spiro atoms. The van der Waals surface area contributed by atoms with Gasteiger partial charge in [-0.15, -0.1) is 0 Å². The van der Waals surface area contributed by atoms with Gasteiger partial charge in [0.1, 0.15) is 48.6 Å². The van der Waals surface area contributed by atoms with Crippen LogP contribution in [0.25, 0.3) is 0 Å². The van der Waals surface area contributed by atoms with Crippen LogP contribution in [0.15, 0.2) is 0 Å². The predicted molar refractivity (Wildman–Crippen MR) is 154 cm³/mol. The maximum atomic E-state index is 12.7. The molecule has 15 atom stereocenters. The van der Waals surface area contributed by atoms with Gasteiger partial charge in [0.05, 0.1) is 24.8 Å². The van der Waals surface area contributed by atoms with Crippen LogP contribution in [0.1, 0.15) is 34.6 Å². The van der Waals surface area contributed by atoms with Crippen molar-refractivity contribution in [2.75, 3.05) is 13.7 Å². The maximum Gasteiger partial charge on any atom is 0.335 e. The van der Waals surface area contributed by atoms with Crippen LogP contribution in [0.2, 0.25) is 0 Å². The van der Waals surface area contributed by atoms with E-state index in [1.54, 1.807) is 14.0 Å². The summed E-state index contributed by atoms with van der Waals surface area (Å²) in [7, 11) is 1.56. The smallest absolute Gasteiger partial charge is 0.335 e. The highest BCUT2D eigenvalue weighted by atomic mass is 16.7. The first-order valence-electron chi connectivity index (χ1n) is 14.9. The van der Waals surface area contributed by atoms with Gasteiger partial charge >= 0.3 is 5.97 Å². The Kier molecular flexibility index (Phi) is 13.4. The largest absolute Gasteiger partial charge is 0.479 e. The average molecular weight is 680 g/mol. The first-order valence-corrected chi connectivity index (χ1v) is 14.9. The quantitative estimate of drug-likeness (QED) is 0.0973. The van der Waals surface area contributed by atoms with Gasteiger partial charge in [0.25, 0.3) is 0 Å². The molecule has 3 saturated heterocycles. The molecule has 0 saturated carbocycles. The number of nitrogens with one attached hydrogen (secondary N) is 5. The third kappa shape index (κ3) is 9.10. The van der Waals surface area contributed by atoms with Crippen molar-refractivity contribution in [3.8, 4) is 0 Å². The highest BCUT2D eigenvalue weighted by molar-refractivity contribution is 5.77. The van der Waals surface area contributed by atoms with Gasteiger partial charge in [-0.1, -0.05) is 0 Å². The molecule has 20 nitrogen and oxygen atoms in total. The summed E-state index contributed by atoms with van der Waals surface area (Å²) in [6.45, 7) is 5.37. The molecule has 20 heteroatoms. The summed E-state index contributed by atoms with van der Waals surface area (Å²) >= 11 is 0. The van der Waals surface area contributed by atoms with E-state index < -0.39 is 128 Å². The Balaban J connectivity index is 2.09. The molecule has 3 aliphatic heterocycles. The molecule has 0 aromatic heterocycles. The molecule has 3 heterocycles. The summed E-state index contributed by atoms with van der Waals surface area (Å²) in [6, 6.07) is -6.31. The Hall–Kier alpha value is -3.05. The highest BCUT2D eigenvalue weighted by Gasteiger charge is 2.56. The van der Waals surface area contributed by atoms with E-state index in [0.29, 0.717) is 0 Å². The van der Waals surface area contributed by atoms with Gasteiger partial charge in [-0.3, -0.25) is 19.2 Å². The van der Waals surface area contributed by atoms with E-state index in [4.69, 9.17) is 23.7 Å². The summed E-state index contributed by atoms with van der Waals surface area (Å²) in [5, 5.41) is 64.9. The fraction of sp³-hybridized carbons (Fsp3) is 0.815. The first-order chi connectivity index (χ1) is 22.0. The van der Waals surface area contributed by atoms with E-state index in [1.807, 2.05) is 0 Å². The minimum Gasteiger partial charge on any atom is -0.479 e. The SMILES string of the molecule is CN[C@H]1[C@@H](O[C@@H]2O[C@H](C(=O)O)[C@@H](O[C@H]3O[C@H](CO)[C@@H](O)[C@H](O)[C@H]3NC(C)=O)[C@H](NC(C)=O)[C@@H]2NC(C)=O)[C@H](NC(C)=O)[C@@H](O)O[C@H]1C. The molecule has 0 bridgehead atoms. The van der Waals surface area contributed by atoms with Crippen molar-refractivity contribution >= 4 is 29.6 Å². The number of aliphatic hydroxyl groups is 4. The van der Waals surface area contributed by atoms with Crippen LogP contribution in [-0.4, -0.2) is 161 Å². The second-order valence-electron chi connectivity index (χ2n) is 11.6. The predicted octanol–water partition coefficient (Wildman–Crippen LogP) is -5.65. The Morgan fingerprint density at radius 2 is 1.15 bits per heavy atom. The third-order valence-corrected chi connectivity index (χ3v) is 8.01. The van der Waals surface area contributed by atoms with E-state index in [0.717, 1.165) is 20.8 Å². The van der Waals surface area contributed by atoms with Crippen LogP contribution in [0.3, 0.4) is 0 Å². The molecule has 3 aliphatic rings. The number of aliphatic carboxylic acids is 1. The lowest BCUT2D eigenvalue weighted by Gasteiger charge is -2.51. The summed E-state index contributed by atoms with van der Waals surface area (Å²) in [6.07, 6.45) is -15.4. The lowest BCUT2D eigenvalue weighted by atomic mass is 9.91. The number of carbonyl (C=O) groups is 5. The Morgan fingerprint density at radius 3 is 1.66 bits per heavy atom. The number of carbonyl (C=O) groups excluding carboxylic acids is 4. The van der Waals surface area contributed by atoms with Crippen molar-refractivity contribution < 1.29 is 73.2 Å². The molecule has 3 fully saturated rings. The Bertz CT molecular complexity index is 1150. The van der Waals surface area contributed by atoms with Crippen molar-refractivity contribution in [2.45, 2.75) is 126 Å². The lowest BCUT2D eigenvalue weighted by Crippen LogP contribution is -2.74. The summed E-state index contributed by atoms with van der Waals surface area (Å²) in [5.41, 5.74) is 0. The number of carboxylic acids is 1. The van der Waals surface area contributed by atoms with Gasteiger partial charge in [0, 0.05) is 27.7 Å². The van der Waals surface area contributed by atoms with Crippen molar-refractivity contribution in [3.63, 3.8) is 0 Å². The average Bonchev–Trinajstić information content (AvgIpc) is 2.96. The molecule has 0 aromatic carbocycles. The normalized spacial score (nSPS) is 40.5. The summed E-state index contributed by atoms with van der Waals surface area (Å²) in [5.74, 6) is -4.23. The van der Waals surface area contributed by atoms with Gasteiger partial charge in [-0.05, 0) is 14.0 Å². The summed E-state index contributed by atoms with van der Waals surface area (Å²) in [4.78, 5) is 61.7. The molecule has 10 N–H and O–H groups in total. The van der Waals surface area contributed by atoms with E-state index in [2.05, 4.69) is 26.6 Å². The van der Waals surface area contributed by atoms with Crippen molar-refractivity contribution in [1.82, 2.24) is 26.6 Å². The Morgan fingerprint density at radius 1 is 0.660 bits per heavy atom. The topological polar surface area (TPSA) is 293 Å². The molecule has 0 aromatic rings. The second kappa shape index (κ2) is 16.4. The van der Waals surface area contributed by atoms with Crippen LogP contribution in [0.4, 0.5) is 0 Å². The van der Waals surface area contributed by atoms with Gasteiger partial charge in [0.15, 0.2) is 25.0 Å². The number of hydrogen-bond donors (Lipinski definition) is 10. The standard InChI is InChI=1S/C27H45N5O15/c1-8-14(28-6)21(18(25(42)43-8)32-12(5)37)45-26-16(30-10(3)35)15(29-9(2)34)22(23(47-26)24(40)41)46-27-17(31-11(4)36)20(39)19(38)13(7-33)44-27/h8,13-23,25-28,33,38-39,42H,7H2,1-6H3,(H,29,34)(H,30,35)(H,31,36)(H,32,37)(H,40,41)/t8-,13+,14+,15+,16-,17+,18-,19+,20+,21+,22-,23-,25-,26+,27+/m0/s1. The zero-order valence-corrected chi connectivity index (χ0v) is 26.7. The maximum absolute atomic E-state index is 12.7. The van der Waals surface area contributed by atoms with Crippen LogP contribution >= 0.6 is 0 Å². The van der Waals surface area contributed by atoms with Gasteiger partial charge < -0.3 is 75.8 Å². The minimum absolute atomic E-state index is 0.554. The molecular formula is C27H45N5O15. The van der Waals surface area contributed by atoms with Crippen LogP contribution in [0.5, 0.6) is 0 Å². The van der Waals surface area contributed by atoms with Gasteiger partial charge in [0.2, 0.25) is 23.6 Å². The molecular weight excluding hydrogens is 634 g/mol.